The highest BCUT2D eigenvalue weighted by molar-refractivity contribution is 7.90. The second-order valence-electron chi connectivity index (χ2n) is 5.83. The van der Waals surface area contributed by atoms with Crippen LogP contribution in [0.25, 0.3) is 0 Å². The molecule has 1 N–H and O–H groups in total. The zero-order valence-electron chi connectivity index (χ0n) is 11.6. The van der Waals surface area contributed by atoms with E-state index in [9.17, 15) is 0 Å². The minimum absolute atomic E-state index is 1.40. The minimum atomic E-state index is -1.50. The third-order valence-electron chi connectivity index (χ3n) is 1.81. The highest BCUT2D eigenvalue weighted by Crippen LogP contribution is 2.72. The fraction of sp³-hybridized carbons (Fsp3) is 1.00. The van der Waals surface area contributed by atoms with Crippen molar-refractivity contribution < 1.29 is 0 Å². The molecular weight excluding hydrogens is 276 g/mol. The standard InChI is InChI=1S/C8H25N4P4/c1-13(2)9-14(3,4)11-16(7,8)12-15(5,6)10-13/h9H,1-8H3/q+1. The van der Waals surface area contributed by atoms with Crippen molar-refractivity contribution in [3.05, 3.63) is 0 Å². The van der Waals surface area contributed by atoms with Crippen LogP contribution in [0.15, 0.2) is 13.5 Å². The Kier molecular flexibility index (Phi) is 4.09. The van der Waals surface area contributed by atoms with E-state index in [4.69, 9.17) is 13.5 Å². The maximum Gasteiger partial charge on any atom is 0.198 e. The molecule has 1 rings (SSSR count). The van der Waals surface area contributed by atoms with E-state index in [-0.39, 0.29) is 0 Å². The molecule has 0 bridgehead atoms. The molecule has 8 heteroatoms. The molecule has 0 spiro atoms. The van der Waals surface area contributed by atoms with Crippen LogP contribution < -0.4 is 4.86 Å². The lowest BCUT2D eigenvalue weighted by Gasteiger charge is -2.28. The summed E-state index contributed by atoms with van der Waals surface area (Å²) in [5.41, 5.74) is 0. The average molecular weight is 301 g/mol. The molecule has 16 heavy (non-hydrogen) atoms. The summed E-state index contributed by atoms with van der Waals surface area (Å²) < 4.78 is 15.1. The van der Waals surface area contributed by atoms with Gasteiger partial charge in [-0.15, -0.1) is 9.37 Å². The summed E-state index contributed by atoms with van der Waals surface area (Å²) in [4.78, 5) is 3.73. The monoisotopic (exact) mass is 301 g/mol. The van der Waals surface area contributed by atoms with Gasteiger partial charge in [0.05, 0.1) is 27.7 Å². The third-order valence-corrected chi connectivity index (χ3v) is 16.3. The Morgan fingerprint density at radius 3 is 1.81 bits per heavy atom. The molecule has 0 amide bonds. The van der Waals surface area contributed by atoms with Crippen LogP contribution in [0.1, 0.15) is 0 Å². The number of hydrogen-bond acceptors (Lipinski definition) is 4. The van der Waals surface area contributed by atoms with Crippen molar-refractivity contribution in [2.45, 2.75) is 0 Å². The van der Waals surface area contributed by atoms with Gasteiger partial charge in [0.2, 0.25) is 0 Å². The maximum absolute atomic E-state index is 5.03. The lowest BCUT2D eigenvalue weighted by Crippen LogP contribution is -2.09. The third kappa shape index (κ3) is 4.75. The van der Waals surface area contributed by atoms with E-state index in [1.54, 1.807) is 0 Å². The zero-order valence-corrected chi connectivity index (χ0v) is 15.2. The predicted octanol–water partition coefficient (Wildman–Crippen LogP) is 4.82. The quantitative estimate of drug-likeness (QED) is 0.640. The number of nitrogens with zero attached hydrogens (tertiary/aromatic N) is 3. The predicted molar refractivity (Wildman–Crippen MR) is 85.5 cm³/mol. The normalized spacial score (nSPS) is 30.0. The van der Waals surface area contributed by atoms with Gasteiger partial charge in [0.25, 0.3) is 0 Å². The van der Waals surface area contributed by atoms with Gasteiger partial charge in [-0.25, -0.2) is 9.03 Å². The zero-order chi connectivity index (χ0) is 12.8. The molecule has 1 aliphatic rings. The van der Waals surface area contributed by atoms with Crippen molar-refractivity contribution in [3.8, 4) is 0 Å². The van der Waals surface area contributed by atoms with Crippen LogP contribution in [-0.4, -0.2) is 53.3 Å². The van der Waals surface area contributed by atoms with E-state index in [0.29, 0.717) is 0 Å². The van der Waals surface area contributed by atoms with Crippen LogP contribution in [-0.2, 0) is 0 Å². The van der Waals surface area contributed by atoms with Crippen LogP contribution in [0.4, 0.5) is 0 Å². The smallest absolute Gasteiger partial charge is 0.198 e. The first-order valence-electron chi connectivity index (χ1n) is 5.22. The molecule has 0 aromatic rings. The summed E-state index contributed by atoms with van der Waals surface area (Å²) in [6.45, 7) is 17.7. The molecular formula is C8H25N4P4+. The summed E-state index contributed by atoms with van der Waals surface area (Å²) in [5.74, 6) is 0. The molecule has 0 saturated carbocycles. The van der Waals surface area contributed by atoms with Crippen LogP contribution in [0.3, 0.4) is 0 Å². The van der Waals surface area contributed by atoms with Gasteiger partial charge in [0, 0.05) is 0 Å². The number of rotatable bonds is 0. The first-order chi connectivity index (χ1) is 6.83. The molecule has 1 aliphatic heterocycles. The van der Waals surface area contributed by atoms with Crippen molar-refractivity contribution in [2.75, 3.05) is 53.3 Å². The summed E-state index contributed by atoms with van der Waals surface area (Å²) in [5, 5.41) is 0. The Morgan fingerprint density at radius 1 is 0.812 bits per heavy atom. The van der Waals surface area contributed by atoms with Crippen molar-refractivity contribution in [2.24, 2.45) is 13.5 Å². The summed E-state index contributed by atoms with van der Waals surface area (Å²) in [6, 6.07) is 0. The van der Waals surface area contributed by atoms with Crippen molar-refractivity contribution in [3.63, 3.8) is 0 Å². The lowest BCUT2D eigenvalue weighted by molar-refractivity contribution is 1.46. The van der Waals surface area contributed by atoms with Crippen molar-refractivity contribution in [1.82, 2.24) is 4.86 Å². The van der Waals surface area contributed by atoms with E-state index >= 15 is 0 Å². The number of hydrogen-bond donors (Lipinski definition) is 1. The van der Waals surface area contributed by atoms with Gasteiger partial charge in [-0.3, -0.25) is 0 Å². The van der Waals surface area contributed by atoms with E-state index in [1.165, 1.54) is 0 Å². The van der Waals surface area contributed by atoms with E-state index in [2.05, 4.69) is 58.2 Å². The molecule has 0 radical (unpaired) electrons. The highest BCUT2D eigenvalue weighted by Gasteiger charge is 2.33. The molecule has 0 saturated heterocycles. The maximum atomic E-state index is 5.03. The Morgan fingerprint density at radius 2 is 1.31 bits per heavy atom. The molecule has 0 aliphatic carbocycles. The Labute approximate surface area is 101 Å². The van der Waals surface area contributed by atoms with Crippen LogP contribution >= 0.6 is 29.2 Å². The highest BCUT2D eigenvalue weighted by atomic mass is 31.3. The van der Waals surface area contributed by atoms with Gasteiger partial charge in [0.15, 0.2) is 7.56 Å². The summed E-state index contributed by atoms with van der Waals surface area (Å²) >= 11 is 0. The van der Waals surface area contributed by atoms with Gasteiger partial charge in [0.1, 0.15) is 7.21 Å². The SMILES string of the molecule is CP1(C)=NP(C)(C)=N[P+](C)(C)NP(C)(C)=N1. The van der Waals surface area contributed by atoms with Gasteiger partial charge in [-0.2, -0.15) is 0 Å². The van der Waals surface area contributed by atoms with Gasteiger partial charge in [-0.1, -0.05) is 0 Å². The topological polar surface area (TPSA) is 49.1 Å². The van der Waals surface area contributed by atoms with Gasteiger partial charge < -0.3 is 0 Å². The molecule has 0 aromatic carbocycles. The second kappa shape index (κ2) is 4.32. The molecule has 0 fully saturated rings. The lowest BCUT2D eigenvalue weighted by atomic mass is 11.9. The van der Waals surface area contributed by atoms with E-state index < -0.39 is 29.2 Å². The summed E-state index contributed by atoms with van der Waals surface area (Å²) in [6.07, 6.45) is 0. The molecule has 4 nitrogen and oxygen atoms in total. The fourth-order valence-corrected chi connectivity index (χ4v) is 22.1. The Hall–Kier alpha value is 1.08. The molecule has 0 aromatic heterocycles. The Bertz CT molecular complexity index is 445. The van der Waals surface area contributed by atoms with Crippen LogP contribution in [0.2, 0.25) is 0 Å². The molecule has 0 atom stereocenters. The fourth-order valence-electron chi connectivity index (χ4n) is 2.30. The van der Waals surface area contributed by atoms with Crippen molar-refractivity contribution >= 4 is 29.2 Å². The Balaban J connectivity index is 3.53. The first kappa shape index (κ1) is 15.1. The van der Waals surface area contributed by atoms with Gasteiger partial charge >= 0.3 is 0 Å². The number of nitrogens with one attached hydrogen (secondary N) is 1. The molecule has 1 heterocycles. The van der Waals surface area contributed by atoms with Crippen LogP contribution in [0, 0.1) is 0 Å². The summed E-state index contributed by atoms with van der Waals surface area (Å²) in [7, 11) is -5.80. The van der Waals surface area contributed by atoms with Gasteiger partial charge in [-0.05, 0) is 40.0 Å². The van der Waals surface area contributed by atoms with E-state index in [0.717, 1.165) is 0 Å². The first-order valence-corrected chi connectivity index (χ1v) is 15.7. The largest absolute Gasteiger partial charge is 0.246 e. The second-order valence-corrected chi connectivity index (χ2v) is 19.7. The van der Waals surface area contributed by atoms with Crippen molar-refractivity contribution in [1.29, 1.82) is 0 Å². The van der Waals surface area contributed by atoms with Crippen LogP contribution in [0.5, 0.6) is 0 Å². The average Bonchev–Trinajstić information content (AvgIpc) is 1.67. The minimum Gasteiger partial charge on any atom is -0.246 e. The molecule has 0 unspecified atom stereocenters. The molecule has 96 valence electrons. The van der Waals surface area contributed by atoms with E-state index in [1.807, 2.05) is 0 Å².